The zero-order valence-corrected chi connectivity index (χ0v) is 16.3. The van der Waals surface area contributed by atoms with Crippen LogP contribution in [0.1, 0.15) is 48.2 Å². The highest BCUT2D eigenvalue weighted by Gasteiger charge is 2.23. The number of carboxylic acids is 1. The second-order valence-electron chi connectivity index (χ2n) is 7.04. The number of benzene rings is 2. The maximum Gasteiger partial charge on any atom is 0.251 e. The van der Waals surface area contributed by atoms with Crippen LogP contribution in [0.2, 0.25) is 0 Å². The number of carbonyl (C=O) groups excluding carboxylic acids is 3. The normalized spacial score (nSPS) is 12.9. The van der Waals surface area contributed by atoms with Crippen molar-refractivity contribution in [2.45, 2.75) is 45.2 Å². The number of nitrogens with one attached hydrogen (secondary N) is 2. The minimum absolute atomic E-state index is 0.239. The van der Waals surface area contributed by atoms with E-state index in [4.69, 9.17) is 0 Å². The summed E-state index contributed by atoms with van der Waals surface area (Å²) in [4.78, 5) is 36.0. The van der Waals surface area contributed by atoms with Crippen LogP contribution in [0, 0.1) is 0 Å². The molecule has 0 bridgehead atoms. The van der Waals surface area contributed by atoms with Crippen molar-refractivity contribution < 1.29 is 19.5 Å². The molecule has 28 heavy (non-hydrogen) atoms. The van der Waals surface area contributed by atoms with E-state index in [0.717, 1.165) is 5.56 Å². The van der Waals surface area contributed by atoms with Crippen LogP contribution in [0.15, 0.2) is 54.6 Å². The molecule has 2 aromatic carbocycles. The van der Waals surface area contributed by atoms with Crippen molar-refractivity contribution in [3.8, 4) is 0 Å². The van der Waals surface area contributed by atoms with Gasteiger partial charge < -0.3 is 20.5 Å². The summed E-state index contributed by atoms with van der Waals surface area (Å²) in [5.41, 5.74) is 2.45. The predicted molar refractivity (Wildman–Crippen MR) is 105 cm³/mol. The lowest BCUT2D eigenvalue weighted by atomic mass is 9.98. The second-order valence-corrected chi connectivity index (χ2v) is 7.04. The highest BCUT2D eigenvalue weighted by atomic mass is 16.4. The molecule has 0 radical (unpaired) electrons. The lowest BCUT2D eigenvalue weighted by Crippen LogP contribution is -2.54. The third kappa shape index (κ3) is 5.94. The molecule has 0 aliphatic carbocycles. The first-order chi connectivity index (χ1) is 13.3. The highest BCUT2D eigenvalue weighted by molar-refractivity contribution is 5.98. The van der Waals surface area contributed by atoms with Gasteiger partial charge in [-0.05, 0) is 36.1 Å². The quantitative estimate of drug-likeness (QED) is 0.722. The molecule has 0 spiro atoms. The molecule has 2 rings (SSSR count). The SMILES string of the molecule is CC(C)c1ccc(C[C@H](NC(=O)c2ccccc2)C(=O)N[C@H](C)C(=O)[O-])cc1. The summed E-state index contributed by atoms with van der Waals surface area (Å²) in [6.45, 7) is 5.50. The minimum Gasteiger partial charge on any atom is -0.548 e. The number of hydrogen-bond donors (Lipinski definition) is 2. The molecule has 2 aromatic rings. The number of carboxylic acid groups (broad SMARTS) is 1. The number of amides is 2. The third-order valence-electron chi connectivity index (χ3n) is 4.46. The molecule has 6 heteroatoms. The van der Waals surface area contributed by atoms with E-state index in [1.807, 2.05) is 24.3 Å². The molecule has 0 aromatic heterocycles. The Balaban J connectivity index is 2.18. The molecule has 2 N–H and O–H groups in total. The molecule has 0 aliphatic heterocycles. The number of aliphatic carboxylic acids is 1. The van der Waals surface area contributed by atoms with Gasteiger partial charge in [0.25, 0.3) is 5.91 Å². The fourth-order valence-electron chi connectivity index (χ4n) is 2.69. The van der Waals surface area contributed by atoms with Gasteiger partial charge >= 0.3 is 0 Å². The van der Waals surface area contributed by atoms with Crippen LogP contribution in [-0.4, -0.2) is 29.9 Å². The molecule has 0 saturated carbocycles. The fraction of sp³-hybridized carbons (Fsp3) is 0.318. The van der Waals surface area contributed by atoms with E-state index in [1.165, 1.54) is 12.5 Å². The molecule has 6 nitrogen and oxygen atoms in total. The van der Waals surface area contributed by atoms with Crippen LogP contribution in [0.5, 0.6) is 0 Å². The summed E-state index contributed by atoms with van der Waals surface area (Å²) in [5.74, 6) is -1.98. The van der Waals surface area contributed by atoms with Crippen molar-refractivity contribution in [1.29, 1.82) is 0 Å². The Morgan fingerprint density at radius 2 is 1.50 bits per heavy atom. The summed E-state index contributed by atoms with van der Waals surface area (Å²) in [6.07, 6.45) is 0.239. The fourth-order valence-corrected chi connectivity index (χ4v) is 2.69. The molecule has 0 fully saturated rings. The minimum atomic E-state index is -1.39. The average molecular weight is 381 g/mol. The zero-order valence-electron chi connectivity index (χ0n) is 16.3. The predicted octanol–water partition coefficient (Wildman–Crippen LogP) is 1.41. The van der Waals surface area contributed by atoms with Gasteiger partial charge in [0.15, 0.2) is 0 Å². The van der Waals surface area contributed by atoms with Crippen molar-refractivity contribution in [3.05, 3.63) is 71.3 Å². The average Bonchev–Trinajstić information content (AvgIpc) is 2.68. The maximum absolute atomic E-state index is 12.6. The van der Waals surface area contributed by atoms with Crippen molar-refractivity contribution in [2.75, 3.05) is 0 Å². The topological polar surface area (TPSA) is 98.3 Å². The van der Waals surface area contributed by atoms with Gasteiger partial charge in [-0.2, -0.15) is 0 Å². The van der Waals surface area contributed by atoms with E-state index in [0.29, 0.717) is 11.5 Å². The summed E-state index contributed by atoms with van der Waals surface area (Å²) in [7, 11) is 0. The molecular weight excluding hydrogens is 356 g/mol. The molecule has 0 unspecified atom stereocenters. The number of hydrogen-bond acceptors (Lipinski definition) is 4. The molecule has 2 atom stereocenters. The summed E-state index contributed by atoms with van der Waals surface area (Å²) >= 11 is 0. The van der Waals surface area contributed by atoms with Gasteiger partial charge in [0.05, 0.1) is 12.0 Å². The Morgan fingerprint density at radius 1 is 0.893 bits per heavy atom. The number of rotatable bonds is 8. The second kappa shape index (κ2) is 9.69. The Kier molecular flexibility index (Phi) is 7.32. The summed E-state index contributed by atoms with van der Waals surface area (Å²) in [6, 6.07) is 14.2. The van der Waals surface area contributed by atoms with E-state index in [1.54, 1.807) is 30.3 Å². The molecule has 148 valence electrons. The third-order valence-corrected chi connectivity index (χ3v) is 4.46. The van der Waals surface area contributed by atoms with E-state index >= 15 is 0 Å². The van der Waals surface area contributed by atoms with E-state index < -0.39 is 29.9 Å². The first-order valence-electron chi connectivity index (χ1n) is 9.24. The Labute approximate surface area is 165 Å². The first kappa shape index (κ1) is 21.2. The monoisotopic (exact) mass is 381 g/mol. The van der Waals surface area contributed by atoms with E-state index in [-0.39, 0.29) is 6.42 Å². The van der Waals surface area contributed by atoms with Crippen molar-refractivity contribution in [1.82, 2.24) is 10.6 Å². The lowest BCUT2D eigenvalue weighted by molar-refractivity contribution is -0.307. The van der Waals surface area contributed by atoms with Crippen LogP contribution >= 0.6 is 0 Å². The Bertz CT molecular complexity index is 816. The maximum atomic E-state index is 12.6. The Morgan fingerprint density at radius 3 is 2.04 bits per heavy atom. The molecule has 0 saturated heterocycles. The standard InChI is InChI=1S/C22H26N2O4/c1-14(2)17-11-9-16(10-12-17)13-19(21(26)23-15(3)22(27)28)24-20(25)18-7-5-4-6-8-18/h4-12,14-15,19H,13H2,1-3H3,(H,23,26)(H,24,25)(H,27,28)/p-1/t15-,19+/m1/s1. The Hall–Kier alpha value is -3.15. The van der Waals surface area contributed by atoms with Gasteiger partial charge in [0.1, 0.15) is 6.04 Å². The molecule has 0 aliphatic rings. The van der Waals surface area contributed by atoms with Crippen LogP contribution in [0.25, 0.3) is 0 Å². The summed E-state index contributed by atoms with van der Waals surface area (Å²) < 4.78 is 0. The molecule has 0 heterocycles. The van der Waals surface area contributed by atoms with Crippen molar-refractivity contribution >= 4 is 17.8 Å². The van der Waals surface area contributed by atoms with E-state index in [9.17, 15) is 19.5 Å². The smallest absolute Gasteiger partial charge is 0.251 e. The van der Waals surface area contributed by atoms with Gasteiger partial charge in [-0.3, -0.25) is 9.59 Å². The van der Waals surface area contributed by atoms with Crippen LogP contribution in [0.3, 0.4) is 0 Å². The van der Waals surface area contributed by atoms with Crippen molar-refractivity contribution in [2.24, 2.45) is 0 Å². The van der Waals surface area contributed by atoms with Gasteiger partial charge in [-0.15, -0.1) is 0 Å². The van der Waals surface area contributed by atoms with Crippen LogP contribution < -0.4 is 15.7 Å². The van der Waals surface area contributed by atoms with Crippen molar-refractivity contribution in [3.63, 3.8) is 0 Å². The molecule has 2 amide bonds. The summed E-state index contributed by atoms with van der Waals surface area (Å²) in [5, 5.41) is 16.0. The van der Waals surface area contributed by atoms with E-state index in [2.05, 4.69) is 24.5 Å². The van der Waals surface area contributed by atoms with Gasteiger partial charge in [0.2, 0.25) is 5.91 Å². The lowest BCUT2D eigenvalue weighted by Gasteiger charge is -2.22. The molecular formula is C22H25N2O4-. The zero-order chi connectivity index (χ0) is 20.7. The highest BCUT2D eigenvalue weighted by Crippen LogP contribution is 2.16. The van der Waals surface area contributed by atoms with Crippen LogP contribution in [-0.2, 0) is 16.0 Å². The van der Waals surface area contributed by atoms with Gasteiger partial charge in [0, 0.05) is 12.0 Å². The van der Waals surface area contributed by atoms with Gasteiger partial charge in [-0.1, -0.05) is 56.3 Å². The van der Waals surface area contributed by atoms with Gasteiger partial charge in [-0.25, -0.2) is 0 Å². The first-order valence-corrected chi connectivity index (χ1v) is 9.24. The largest absolute Gasteiger partial charge is 0.548 e. The van der Waals surface area contributed by atoms with Crippen LogP contribution in [0.4, 0.5) is 0 Å². The number of carbonyl (C=O) groups is 3.